The summed E-state index contributed by atoms with van der Waals surface area (Å²) in [7, 11) is 1.91. The van der Waals surface area contributed by atoms with Gasteiger partial charge in [0.05, 0.1) is 0 Å². The Hall–Kier alpha value is -2.41. The van der Waals surface area contributed by atoms with Crippen LogP contribution < -0.4 is 5.73 Å². The molecule has 2 aromatic heterocycles. The van der Waals surface area contributed by atoms with E-state index in [4.69, 9.17) is 10.6 Å². The van der Waals surface area contributed by atoms with Crippen LogP contribution in [0.15, 0.2) is 23.5 Å². The van der Waals surface area contributed by atoms with Crippen LogP contribution in [0.2, 0.25) is 0 Å². The molecule has 0 unspecified atom stereocenters. The van der Waals surface area contributed by atoms with Gasteiger partial charge in [-0.2, -0.15) is 0 Å². The maximum Gasteiger partial charge on any atom is 0.366 e. The van der Waals surface area contributed by atoms with Gasteiger partial charge in [-0.25, -0.2) is 9.78 Å². The number of hydrogen-bond donors (Lipinski definition) is 2. The van der Waals surface area contributed by atoms with E-state index >= 15 is 0 Å². The molecular weight excluding hydrogens is 284 g/mol. The van der Waals surface area contributed by atoms with Gasteiger partial charge in [-0.1, -0.05) is 5.16 Å². The van der Waals surface area contributed by atoms with Crippen LogP contribution >= 0.6 is 0 Å². The number of rotatable bonds is 3. The van der Waals surface area contributed by atoms with Crippen LogP contribution in [0.5, 0.6) is 0 Å². The fourth-order valence-electron chi connectivity index (χ4n) is 2.51. The van der Waals surface area contributed by atoms with E-state index < -0.39 is 11.6 Å². The van der Waals surface area contributed by atoms with E-state index in [0.29, 0.717) is 18.4 Å². The molecule has 7 nitrogen and oxygen atoms in total. The predicted molar refractivity (Wildman–Crippen MR) is 81.1 cm³/mol. The van der Waals surface area contributed by atoms with Crippen LogP contribution in [-0.2, 0) is 16.7 Å². The summed E-state index contributed by atoms with van der Waals surface area (Å²) < 4.78 is 1.94. The van der Waals surface area contributed by atoms with Gasteiger partial charge in [0.15, 0.2) is 11.4 Å². The molecule has 3 rings (SSSR count). The molecule has 0 aliphatic heterocycles. The number of aryl methyl sites for hydroxylation is 2. The normalized spacial score (nSPS) is 17.3. The highest BCUT2D eigenvalue weighted by Crippen LogP contribution is 2.32. The first kappa shape index (κ1) is 14.5. The fourth-order valence-corrected chi connectivity index (χ4v) is 2.51. The minimum absolute atomic E-state index is 0.0780. The lowest BCUT2D eigenvalue weighted by Crippen LogP contribution is -2.45. The third-order valence-electron chi connectivity index (χ3n) is 4.23. The number of nitrogens with two attached hydrogens (primary N) is 1. The smallest absolute Gasteiger partial charge is 0.366 e. The topological polar surface area (TPSA) is 103 Å². The molecule has 2 aromatic rings. The van der Waals surface area contributed by atoms with Crippen LogP contribution in [0.4, 0.5) is 0 Å². The van der Waals surface area contributed by atoms with Crippen molar-refractivity contribution < 1.29 is 14.7 Å². The summed E-state index contributed by atoms with van der Waals surface area (Å²) in [6.07, 6.45) is 3.23. The lowest BCUT2D eigenvalue weighted by atomic mass is 9.80. The predicted octanol–water partition coefficient (Wildman–Crippen LogP) is 0.960. The molecule has 0 radical (unpaired) electrons. The summed E-state index contributed by atoms with van der Waals surface area (Å²) in [6, 6.07) is 3.66. The number of carbonyl (C=O) groups excluding carboxylic acids is 1. The Labute approximate surface area is 127 Å². The van der Waals surface area contributed by atoms with Crippen LogP contribution in [0.1, 0.15) is 30.5 Å². The number of amidine groups is 1. The first-order valence-electron chi connectivity index (χ1n) is 7.11. The average molecular weight is 302 g/mol. The van der Waals surface area contributed by atoms with E-state index in [2.05, 4.69) is 10.1 Å². The molecule has 0 bridgehead atoms. The summed E-state index contributed by atoms with van der Waals surface area (Å²) in [5.74, 6) is -0.675. The fraction of sp³-hybridized carbons (Fsp3) is 0.400. The maximum atomic E-state index is 11.8. The molecule has 1 aliphatic carbocycles. The highest BCUT2D eigenvalue weighted by Gasteiger charge is 2.44. The van der Waals surface area contributed by atoms with Crippen LogP contribution in [-0.4, -0.2) is 32.1 Å². The van der Waals surface area contributed by atoms with Crippen LogP contribution in [0.3, 0.4) is 0 Å². The highest BCUT2D eigenvalue weighted by molar-refractivity contribution is 6.07. The first-order chi connectivity index (χ1) is 10.4. The summed E-state index contributed by atoms with van der Waals surface area (Å²) >= 11 is 0. The number of fused-ring (bicyclic) bond motifs is 1. The second kappa shape index (κ2) is 5.10. The third-order valence-corrected chi connectivity index (χ3v) is 4.23. The van der Waals surface area contributed by atoms with Gasteiger partial charge < -0.3 is 20.2 Å². The molecule has 1 fully saturated rings. The number of oxime groups is 1. The Bertz CT molecular complexity index is 774. The lowest BCUT2D eigenvalue weighted by Gasteiger charge is -2.32. The second-order valence-corrected chi connectivity index (χ2v) is 5.68. The maximum absolute atomic E-state index is 11.8. The minimum Gasteiger partial charge on any atom is -0.380 e. The molecule has 0 aromatic carbocycles. The molecule has 0 saturated heterocycles. The second-order valence-electron chi connectivity index (χ2n) is 5.68. The van der Waals surface area contributed by atoms with Crippen molar-refractivity contribution in [2.24, 2.45) is 17.9 Å². The van der Waals surface area contributed by atoms with E-state index in [0.717, 1.165) is 23.1 Å². The molecular formula is C15H18N4O3. The molecule has 116 valence electrons. The van der Waals surface area contributed by atoms with Crippen molar-refractivity contribution in [2.45, 2.75) is 31.8 Å². The van der Waals surface area contributed by atoms with Crippen molar-refractivity contribution in [3.05, 3.63) is 29.6 Å². The molecule has 0 spiro atoms. The Morgan fingerprint density at radius 2 is 2.27 bits per heavy atom. The largest absolute Gasteiger partial charge is 0.380 e. The van der Waals surface area contributed by atoms with E-state index in [9.17, 15) is 9.90 Å². The van der Waals surface area contributed by atoms with Gasteiger partial charge >= 0.3 is 5.97 Å². The zero-order chi connectivity index (χ0) is 15.9. The molecule has 0 atom stereocenters. The average Bonchev–Trinajstić information content (AvgIpc) is 2.77. The van der Waals surface area contributed by atoms with Crippen molar-refractivity contribution in [2.75, 3.05) is 0 Å². The van der Waals surface area contributed by atoms with Gasteiger partial charge in [-0.15, -0.1) is 0 Å². The van der Waals surface area contributed by atoms with E-state index in [1.165, 1.54) is 0 Å². The summed E-state index contributed by atoms with van der Waals surface area (Å²) in [4.78, 5) is 20.9. The Kier molecular flexibility index (Phi) is 3.37. The summed E-state index contributed by atoms with van der Waals surface area (Å²) in [6.45, 7) is 1.96. The molecule has 2 heterocycles. The Balaban J connectivity index is 1.88. The number of aromatic nitrogens is 2. The van der Waals surface area contributed by atoms with Gasteiger partial charge in [0.25, 0.3) is 0 Å². The quantitative estimate of drug-likeness (QED) is 0.380. The van der Waals surface area contributed by atoms with Gasteiger partial charge in [0, 0.05) is 29.9 Å². The van der Waals surface area contributed by atoms with Gasteiger partial charge in [-0.05, 0) is 38.3 Å². The molecule has 0 amide bonds. The minimum atomic E-state index is -1.40. The van der Waals surface area contributed by atoms with E-state index in [1.807, 2.05) is 24.6 Å². The number of carbonyl (C=O) groups is 1. The van der Waals surface area contributed by atoms with Gasteiger partial charge in [0.2, 0.25) is 0 Å². The van der Waals surface area contributed by atoms with Crippen LogP contribution in [0.25, 0.3) is 11.0 Å². The van der Waals surface area contributed by atoms with E-state index in [1.54, 1.807) is 12.3 Å². The van der Waals surface area contributed by atoms with Gasteiger partial charge in [-0.3, -0.25) is 0 Å². The highest BCUT2D eigenvalue weighted by atomic mass is 16.7. The summed E-state index contributed by atoms with van der Waals surface area (Å²) in [5.41, 5.74) is 6.97. The molecule has 7 heteroatoms. The Morgan fingerprint density at radius 3 is 2.91 bits per heavy atom. The molecule has 1 saturated carbocycles. The molecule has 1 aliphatic rings. The van der Waals surface area contributed by atoms with Crippen molar-refractivity contribution in [3.63, 3.8) is 0 Å². The monoisotopic (exact) mass is 302 g/mol. The zero-order valence-electron chi connectivity index (χ0n) is 12.5. The number of nitrogens with zero attached hydrogens (tertiary/aromatic N) is 3. The van der Waals surface area contributed by atoms with Crippen molar-refractivity contribution >= 4 is 22.8 Å². The van der Waals surface area contributed by atoms with Crippen molar-refractivity contribution in [3.8, 4) is 0 Å². The first-order valence-corrected chi connectivity index (χ1v) is 7.11. The standard InChI is InChI=1S/C15H18N4O3/c1-9-8-11-10(4-7-17-13(11)19(9)2)12(16)18-22-14(20)15(21)5-3-6-15/h4,7-8,21H,3,5-6H2,1-2H3,(H2,16,18). The van der Waals surface area contributed by atoms with Crippen molar-refractivity contribution in [1.82, 2.24) is 9.55 Å². The number of aliphatic hydroxyl groups is 1. The Morgan fingerprint density at radius 1 is 1.55 bits per heavy atom. The SMILES string of the molecule is Cc1cc2c(/C(N)=N\OC(=O)C3(O)CCC3)ccnc2n1C. The van der Waals surface area contributed by atoms with Crippen LogP contribution in [0, 0.1) is 6.92 Å². The third kappa shape index (κ3) is 2.23. The molecule has 22 heavy (non-hydrogen) atoms. The lowest BCUT2D eigenvalue weighted by molar-refractivity contribution is -0.174. The van der Waals surface area contributed by atoms with Gasteiger partial charge in [0.1, 0.15) is 5.65 Å². The van der Waals surface area contributed by atoms with E-state index in [-0.39, 0.29) is 5.84 Å². The summed E-state index contributed by atoms with van der Waals surface area (Å²) in [5, 5.41) is 14.4. The zero-order valence-corrected chi connectivity index (χ0v) is 12.5. The number of hydrogen-bond acceptors (Lipinski definition) is 5. The number of pyridine rings is 1. The van der Waals surface area contributed by atoms with Crippen molar-refractivity contribution in [1.29, 1.82) is 0 Å². The molecule has 3 N–H and O–H groups in total.